The second-order valence-corrected chi connectivity index (χ2v) is 7.09. The Bertz CT molecular complexity index is 751. The Kier molecular flexibility index (Phi) is 5.58. The maximum atomic E-state index is 12.9. The van der Waals surface area contributed by atoms with Gasteiger partial charge in [-0.1, -0.05) is 24.3 Å². The normalized spacial score (nSPS) is 19.9. The number of ether oxygens (including phenoxy) is 2. The number of piperazine rings is 1. The van der Waals surface area contributed by atoms with Gasteiger partial charge in [-0.05, 0) is 43.2 Å². The molecule has 2 aromatic rings. The number of anilines is 1. The molecule has 2 aliphatic heterocycles. The molecule has 0 aromatic heterocycles. The third-order valence-corrected chi connectivity index (χ3v) is 5.23. The summed E-state index contributed by atoms with van der Waals surface area (Å²) in [5.74, 6) is 0.810. The van der Waals surface area contributed by atoms with E-state index < -0.39 is 0 Å². The summed E-state index contributed by atoms with van der Waals surface area (Å²) in [6.45, 7) is 4.54. The van der Waals surface area contributed by atoms with Crippen LogP contribution in [0, 0.1) is 0 Å². The minimum atomic E-state index is 0.0743. The van der Waals surface area contributed by atoms with Crippen LogP contribution in [0.1, 0.15) is 23.2 Å². The van der Waals surface area contributed by atoms with Gasteiger partial charge in [0.05, 0.1) is 6.10 Å². The van der Waals surface area contributed by atoms with Crippen LogP contribution >= 0.6 is 0 Å². The van der Waals surface area contributed by atoms with Crippen LogP contribution in [0.2, 0.25) is 0 Å². The van der Waals surface area contributed by atoms with E-state index in [1.54, 1.807) is 0 Å². The van der Waals surface area contributed by atoms with E-state index in [0.29, 0.717) is 12.2 Å². The number of nitrogens with zero attached hydrogens (tertiary/aromatic N) is 2. The lowest BCUT2D eigenvalue weighted by molar-refractivity contribution is 0.0677. The molecule has 2 fully saturated rings. The van der Waals surface area contributed by atoms with Crippen molar-refractivity contribution in [2.24, 2.45) is 0 Å². The number of carbonyl (C=O) groups excluding carboxylic acids is 1. The Labute approximate surface area is 160 Å². The summed E-state index contributed by atoms with van der Waals surface area (Å²) in [7, 11) is 0. The van der Waals surface area contributed by atoms with Crippen LogP contribution in [0.5, 0.6) is 5.75 Å². The van der Waals surface area contributed by atoms with Gasteiger partial charge in [0.2, 0.25) is 0 Å². The summed E-state index contributed by atoms with van der Waals surface area (Å²) in [6, 6.07) is 17.9. The lowest BCUT2D eigenvalue weighted by atomic mass is 10.1. The van der Waals surface area contributed by atoms with Crippen molar-refractivity contribution < 1.29 is 14.3 Å². The first kappa shape index (κ1) is 17.9. The number of rotatable bonds is 5. The van der Waals surface area contributed by atoms with E-state index in [0.717, 1.165) is 51.4 Å². The highest BCUT2D eigenvalue weighted by molar-refractivity contribution is 5.94. The van der Waals surface area contributed by atoms with Gasteiger partial charge in [0.25, 0.3) is 5.91 Å². The van der Waals surface area contributed by atoms with E-state index in [4.69, 9.17) is 9.47 Å². The molecule has 0 radical (unpaired) electrons. The highest BCUT2D eigenvalue weighted by atomic mass is 16.5. The Morgan fingerprint density at radius 3 is 2.59 bits per heavy atom. The van der Waals surface area contributed by atoms with Gasteiger partial charge in [-0.15, -0.1) is 0 Å². The summed E-state index contributed by atoms with van der Waals surface area (Å²) >= 11 is 0. The first-order chi connectivity index (χ1) is 13.3. The van der Waals surface area contributed by atoms with Crippen molar-refractivity contribution in [2.75, 3.05) is 44.3 Å². The molecule has 2 aromatic carbocycles. The average Bonchev–Trinajstić information content (AvgIpc) is 3.26. The zero-order valence-electron chi connectivity index (χ0n) is 15.5. The molecule has 2 saturated heterocycles. The molecule has 1 unspecified atom stereocenters. The van der Waals surface area contributed by atoms with Crippen LogP contribution in [0.3, 0.4) is 0 Å². The molecule has 2 heterocycles. The van der Waals surface area contributed by atoms with Gasteiger partial charge in [-0.25, -0.2) is 0 Å². The predicted octanol–water partition coefficient (Wildman–Crippen LogP) is 3.21. The van der Waals surface area contributed by atoms with Gasteiger partial charge in [0.1, 0.15) is 12.4 Å². The van der Waals surface area contributed by atoms with Crippen molar-refractivity contribution in [1.82, 2.24) is 4.90 Å². The SMILES string of the molecule is O=C(c1cccc(OCC2CCCO2)c1)N1CCN(c2ccccc2)CC1. The number of carbonyl (C=O) groups is 1. The van der Waals surface area contributed by atoms with Crippen LogP contribution in [0.25, 0.3) is 0 Å². The van der Waals surface area contributed by atoms with Gasteiger partial charge < -0.3 is 19.3 Å². The first-order valence-corrected chi connectivity index (χ1v) is 9.73. The largest absolute Gasteiger partial charge is 0.491 e. The molecule has 142 valence electrons. The molecule has 5 nitrogen and oxygen atoms in total. The fraction of sp³-hybridized carbons (Fsp3) is 0.409. The van der Waals surface area contributed by atoms with Gasteiger partial charge in [-0.2, -0.15) is 0 Å². The van der Waals surface area contributed by atoms with E-state index in [-0.39, 0.29) is 12.0 Å². The minimum Gasteiger partial charge on any atom is -0.491 e. The topological polar surface area (TPSA) is 42.0 Å². The summed E-state index contributed by atoms with van der Waals surface area (Å²) < 4.78 is 11.4. The summed E-state index contributed by atoms with van der Waals surface area (Å²) in [4.78, 5) is 17.1. The highest BCUT2D eigenvalue weighted by Crippen LogP contribution is 2.20. The van der Waals surface area contributed by atoms with Crippen molar-refractivity contribution in [2.45, 2.75) is 18.9 Å². The molecular weight excluding hydrogens is 340 g/mol. The maximum absolute atomic E-state index is 12.9. The molecular formula is C22H26N2O3. The second-order valence-electron chi connectivity index (χ2n) is 7.09. The maximum Gasteiger partial charge on any atom is 0.254 e. The van der Waals surface area contributed by atoms with Crippen LogP contribution in [0.15, 0.2) is 54.6 Å². The van der Waals surface area contributed by atoms with Gasteiger partial charge in [0, 0.05) is 44.0 Å². The third kappa shape index (κ3) is 4.42. The Morgan fingerprint density at radius 2 is 1.85 bits per heavy atom. The third-order valence-electron chi connectivity index (χ3n) is 5.23. The second kappa shape index (κ2) is 8.44. The smallest absolute Gasteiger partial charge is 0.254 e. The van der Waals surface area contributed by atoms with E-state index >= 15 is 0 Å². The molecule has 5 heteroatoms. The monoisotopic (exact) mass is 366 g/mol. The van der Waals surface area contributed by atoms with E-state index in [2.05, 4.69) is 29.2 Å². The van der Waals surface area contributed by atoms with Crippen LogP contribution in [-0.4, -0.2) is 56.3 Å². The standard InChI is InChI=1S/C22H26N2O3/c25-22(24-13-11-23(12-14-24)19-7-2-1-3-8-19)18-6-4-9-20(16-18)27-17-21-10-5-15-26-21/h1-4,6-9,16,21H,5,10-15,17H2. The fourth-order valence-corrected chi connectivity index (χ4v) is 3.67. The lowest BCUT2D eigenvalue weighted by Crippen LogP contribution is -2.48. The van der Waals surface area contributed by atoms with Crippen molar-refractivity contribution in [3.63, 3.8) is 0 Å². The molecule has 0 bridgehead atoms. The fourth-order valence-electron chi connectivity index (χ4n) is 3.67. The average molecular weight is 366 g/mol. The van der Waals surface area contributed by atoms with E-state index in [9.17, 15) is 4.79 Å². The van der Waals surface area contributed by atoms with Crippen molar-refractivity contribution >= 4 is 11.6 Å². The first-order valence-electron chi connectivity index (χ1n) is 9.73. The molecule has 1 atom stereocenters. The highest BCUT2D eigenvalue weighted by Gasteiger charge is 2.23. The predicted molar refractivity (Wildman–Crippen MR) is 105 cm³/mol. The van der Waals surface area contributed by atoms with Crippen LogP contribution in [0.4, 0.5) is 5.69 Å². The van der Waals surface area contributed by atoms with Crippen LogP contribution < -0.4 is 9.64 Å². The quantitative estimate of drug-likeness (QED) is 0.815. The molecule has 27 heavy (non-hydrogen) atoms. The zero-order valence-corrected chi connectivity index (χ0v) is 15.5. The Balaban J connectivity index is 1.33. The molecule has 0 aliphatic carbocycles. The van der Waals surface area contributed by atoms with E-state index in [1.807, 2.05) is 35.2 Å². The molecule has 1 amide bonds. The molecule has 0 spiro atoms. The summed E-state index contributed by atoms with van der Waals surface area (Å²) in [5.41, 5.74) is 1.90. The van der Waals surface area contributed by atoms with Gasteiger partial charge >= 0.3 is 0 Å². The molecule has 0 N–H and O–H groups in total. The van der Waals surface area contributed by atoms with Gasteiger partial charge in [0.15, 0.2) is 0 Å². The van der Waals surface area contributed by atoms with Crippen molar-refractivity contribution in [1.29, 1.82) is 0 Å². The minimum absolute atomic E-state index is 0.0743. The van der Waals surface area contributed by atoms with Crippen molar-refractivity contribution in [3.05, 3.63) is 60.2 Å². The summed E-state index contributed by atoms with van der Waals surface area (Å²) in [5, 5.41) is 0. The molecule has 0 saturated carbocycles. The molecule has 2 aliphatic rings. The number of hydrogen-bond donors (Lipinski definition) is 0. The number of amides is 1. The van der Waals surface area contributed by atoms with E-state index in [1.165, 1.54) is 5.69 Å². The van der Waals surface area contributed by atoms with Crippen molar-refractivity contribution in [3.8, 4) is 5.75 Å². The Hall–Kier alpha value is -2.53. The number of hydrogen-bond acceptors (Lipinski definition) is 4. The Morgan fingerprint density at radius 1 is 1.04 bits per heavy atom. The lowest BCUT2D eigenvalue weighted by Gasteiger charge is -2.36. The number of benzene rings is 2. The molecule has 4 rings (SSSR count). The van der Waals surface area contributed by atoms with Crippen LogP contribution in [-0.2, 0) is 4.74 Å². The van der Waals surface area contributed by atoms with Gasteiger partial charge in [-0.3, -0.25) is 4.79 Å². The number of para-hydroxylation sites is 1. The summed E-state index contributed by atoms with van der Waals surface area (Å²) in [6.07, 6.45) is 2.32. The zero-order chi connectivity index (χ0) is 18.5.